The summed E-state index contributed by atoms with van der Waals surface area (Å²) in [5.41, 5.74) is 2.91. The molecule has 1 aliphatic carbocycles. The van der Waals surface area contributed by atoms with Gasteiger partial charge in [-0.15, -0.1) is 0 Å². The molecule has 0 aromatic carbocycles. The third-order valence-electron chi connectivity index (χ3n) is 4.95. The molecule has 0 N–H and O–H groups in total. The summed E-state index contributed by atoms with van der Waals surface area (Å²) in [6, 6.07) is 0.580. The molecule has 0 amide bonds. The molecule has 5 rings (SSSR count). The molecule has 0 bridgehead atoms. The Labute approximate surface area is 145 Å². The van der Waals surface area contributed by atoms with Crippen molar-refractivity contribution in [2.45, 2.75) is 25.4 Å². The molecule has 1 aliphatic heterocycles. The Kier molecular flexibility index (Phi) is 3.55. The molecule has 0 spiro atoms. The molecule has 1 saturated heterocycles. The molecular formula is C17H20N8. The highest BCUT2D eigenvalue weighted by Crippen LogP contribution is 2.37. The van der Waals surface area contributed by atoms with Gasteiger partial charge < -0.3 is 9.47 Å². The first-order chi connectivity index (χ1) is 12.4. The van der Waals surface area contributed by atoms with E-state index in [2.05, 4.69) is 39.3 Å². The summed E-state index contributed by atoms with van der Waals surface area (Å²) in [5.74, 6) is 0.962. The van der Waals surface area contributed by atoms with Crippen LogP contribution in [0.4, 0.5) is 5.82 Å². The second kappa shape index (κ2) is 6.03. The van der Waals surface area contributed by atoms with Gasteiger partial charge in [0.2, 0.25) is 0 Å². The van der Waals surface area contributed by atoms with E-state index < -0.39 is 0 Å². The van der Waals surface area contributed by atoms with Gasteiger partial charge in [0.05, 0.1) is 12.0 Å². The van der Waals surface area contributed by atoms with Crippen LogP contribution < -0.4 is 4.90 Å². The molecule has 2 aliphatic rings. The van der Waals surface area contributed by atoms with E-state index in [-0.39, 0.29) is 0 Å². The molecule has 25 heavy (non-hydrogen) atoms. The molecule has 0 atom stereocenters. The van der Waals surface area contributed by atoms with E-state index in [1.165, 1.54) is 12.8 Å². The predicted octanol–water partition coefficient (Wildman–Crippen LogP) is 1.27. The van der Waals surface area contributed by atoms with E-state index in [0.717, 1.165) is 55.4 Å². The number of fused-ring (bicyclic) bond motifs is 1. The lowest BCUT2D eigenvalue weighted by molar-refractivity contribution is 0.246. The van der Waals surface area contributed by atoms with Gasteiger partial charge in [0.15, 0.2) is 17.0 Å². The minimum atomic E-state index is 0.580. The lowest BCUT2D eigenvalue weighted by Gasteiger charge is -2.35. The van der Waals surface area contributed by atoms with Gasteiger partial charge in [-0.3, -0.25) is 14.9 Å². The Bertz CT molecular complexity index is 865. The summed E-state index contributed by atoms with van der Waals surface area (Å²) in [6.45, 7) is 4.67. The van der Waals surface area contributed by atoms with Crippen LogP contribution in [-0.4, -0.2) is 60.6 Å². The average molecular weight is 336 g/mol. The average Bonchev–Trinajstić information content (AvgIpc) is 3.42. The molecule has 4 heterocycles. The zero-order valence-corrected chi connectivity index (χ0v) is 14.0. The molecule has 3 aromatic heterocycles. The van der Waals surface area contributed by atoms with Crippen molar-refractivity contribution in [1.82, 2.24) is 34.4 Å². The second-order valence-corrected chi connectivity index (χ2v) is 6.71. The number of aromatic nitrogens is 6. The van der Waals surface area contributed by atoms with Crippen LogP contribution in [0.5, 0.6) is 0 Å². The highest BCUT2D eigenvalue weighted by molar-refractivity contribution is 5.83. The Hall–Kier alpha value is -2.61. The fourth-order valence-corrected chi connectivity index (χ4v) is 3.45. The van der Waals surface area contributed by atoms with Crippen molar-refractivity contribution in [2.75, 3.05) is 31.1 Å². The van der Waals surface area contributed by atoms with Gasteiger partial charge >= 0.3 is 0 Å². The third kappa shape index (κ3) is 2.82. The Morgan fingerprint density at radius 2 is 1.84 bits per heavy atom. The quantitative estimate of drug-likeness (QED) is 0.710. The fourth-order valence-electron chi connectivity index (χ4n) is 3.45. The Morgan fingerprint density at radius 3 is 2.60 bits per heavy atom. The van der Waals surface area contributed by atoms with Gasteiger partial charge in [-0.1, -0.05) is 0 Å². The number of piperazine rings is 1. The summed E-state index contributed by atoms with van der Waals surface area (Å²) in [5, 5.41) is 0. The van der Waals surface area contributed by atoms with Gasteiger partial charge in [0, 0.05) is 57.4 Å². The molecule has 1 saturated carbocycles. The van der Waals surface area contributed by atoms with Crippen LogP contribution in [0.1, 0.15) is 24.6 Å². The van der Waals surface area contributed by atoms with E-state index in [1.54, 1.807) is 18.7 Å². The number of imidazole rings is 1. The molecule has 8 nitrogen and oxygen atoms in total. The first-order valence-corrected chi connectivity index (χ1v) is 8.78. The Morgan fingerprint density at radius 1 is 0.960 bits per heavy atom. The molecule has 0 unspecified atom stereocenters. The number of rotatable bonds is 4. The predicted molar refractivity (Wildman–Crippen MR) is 93.1 cm³/mol. The van der Waals surface area contributed by atoms with E-state index in [0.29, 0.717) is 6.04 Å². The minimum Gasteiger partial charge on any atom is -0.352 e. The molecule has 2 fully saturated rings. The van der Waals surface area contributed by atoms with Crippen molar-refractivity contribution >= 4 is 17.0 Å². The van der Waals surface area contributed by atoms with E-state index >= 15 is 0 Å². The first-order valence-electron chi connectivity index (χ1n) is 8.78. The van der Waals surface area contributed by atoms with E-state index in [9.17, 15) is 0 Å². The standard InChI is InChI=1S/C17H20N8/c1-2-14(1)25-12-22-15-16(20-11-21-17(15)25)24-7-5-23(6-8-24)10-13-9-18-3-4-19-13/h3-4,9,11-12,14H,1-2,5-8,10H2. The van der Waals surface area contributed by atoms with Crippen LogP contribution in [0.2, 0.25) is 0 Å². The topological polar surface area (TPSA) is 75.9 Å². The lowest BCUT2D eigenvalue weighted by Crippen LogP contribution is -2.46. The zero-order chi connectivity index (χ0) is 16.6. The Balaban J connectivity index is 1.31. The zero-order valence-electron chi connectivity index (χ0n) is 14.0. The van der Waals surface area contributed by atoms with Gasteiger partial charge in [0.25, 0.3) is 0 Å². The summed E-state index contributed by atoms with van der Waals surface area (Å²) < 4.78 is 2.20. The van der Waals surface area contributed by atoms with Crippen LogP contribution >= 0.6 is 0 Å². The highest BCUT2D eigenvalue weighted by Gasteiger charge is 2.27. The van der Waals surface area contributed by atoms with Crippen LogP contribution in [0.25, 0.3) is 11.2 Å². The van der Waals surface area contributed by atoms with Crippen LogP contribution in [0.3, 0.4) is 0 Å². The van der Waals surface area contributed by atoms with Gasteiger partial charge in [-0.2, -0.15) is 0 Å². The smallest absolute Gasteiger partial charge is 0.165 e. The van der Waals surface area contributed by atoms with Crippen molar-refractivity contribution in [3.05, 3.63) is 36.9 Å². The largest absolute Gasteiger partial charge is 0.352 e. The normalized spacial score (nSPS) is 18.8. The fraction of sp³-hybridized carbons (Fsp3) is 0.471. The summed E-state index contributed by atoms with van der Waals surface area (Å²) >= 11 is 0. The highest BCUT2D eigenvalue weighted by atomic mass is 15.3. The monoisotopic (exact) mass is 336 g/mol. The molecular weight excluding hydrogens is 316 g/mol. The van der Waals surface area contributed by atoms with Crippen molar-refractivity contribution in [1.29, 1.82) is 0 Å². The van der Waals surface area contributed by atoms with Gasteiger partial charge in [0.1, 0.15) is 6.33 Å². The van der Waals surface area contributed by atoms with Gasteiger partial charge in [-0.05, 0) is 12.8 Å². The van der Waals surface area contributed by atoms with Crippen LogP contribution in [-0.2, 0) is 6.54 Å². The summed E-state index contributed by atoms with van der Waals surface area (Å²) in [7, 11) is 0. The second-order valence-electron chi connectivity index (χ2n) is 6.71. The third-order valence-corrected chi connectivity index (χ3v) is 4.95. The SMILES string of the molecule is c1cnc(CN2CCN(c3ncnc4c3ncn4C3CC3)CC2)cn1. The molecule has 3 aromatic rings. The maximum absolute atomic E-state index is 4.61. The number of nitrogens with zero attached hydrogens (tertiary/aromatic N) is 8. The number of anilines is 1. The van der Waals surface area contributed by atoms with Crippen molar-refractivity contribution in [2.24, 2.45) is 0 Å². The maximum atomic E-state index is 4.61. The van der Waals surface area contributed by atoms with Crippen molar-refractivity contribution in [3.8, 4) is 0 Å². The number of hydrogen-bond acceptors (Lipinski definition) is 7. The minimum absolute atomic E-state index is 0.580. The first kappa shape index (κ1) is 14.7. The van der Waals surface area contributed by atoms with Crippen LogP contribution in [0.15, 0.2) is 31.2 Å². The van der Waals surface area contributed by atoms with Crippen LogP contribution in [0, 0.1) is 0 Å². The lowest BCUT2D eigenvalue weighted by atomic mass is 10.3. The molecule has 8 heteroatoms. The molecule has 0 radical (unpaired) electrons. The van der Waals surface area contributed by atoms with Crippen molar-refractivity contribution < 1.29 is 0 Å². The van der Waals surface area contributed by atoms with E-state index in [4.69, 9.17) is 0 Å². The number of hydrogen-bond donors (Lipinski definition) is 0. The van der Waals surface area contributed by atoms with E-state index in [1.807, 2.05) is 12.5 Å². The summed E-state index contributed by atoms with van der Waals surface area (Å²) in [4.78, 5) is 26.8. The van der Waals surface area contributed by atoms with Crippen molar-refractivity contribution in [3.63, 3.8) is 0 Å². The molecule has 128 valence electrons. The maximum Gasteiger partial charge on any atom is 0.165 e. The van der Waals surface area contributed by atoms with Gasteiger partial charge in [-0.25, -0.2) is 15.0 Å². The summed E-state index contributed by atoms with van der Waals surface area (Å²) in [6.07, 6.45) is 11.3.